The van der Waals surface area contributed by atoms with Crippen molar-refractivity contribution in [2.75, 3.05) is 19.5 Å². The third-order valence-corrected chi connectivity index (χ3v) is 5.42. The maximum absolute atomic E-state index is 12.6. The van der Waals surface area contributed by atoms with E-state index < -0.39 is 35.3 Å². The van der Waals surface area contributed by atoms with Crippen LogP contribution in [0.25, 0.3) is 0 Å². The Morgan fingerprint density at radius 2 is 2.20 bits per heavy atom. The molecule has 30 heavy (non-hydrogen) atoms. The molecular weight excluding hydrogens is 431 g/mol. The van der Waals surface area contributed by atoms with Crippen molar-refractivity contribution in [1.82, 2.24) is 10.2 Å². The predicted octanol–water partition coefficient (Wildman–Crippen LogP) is -3.53. The molecule has 0 bridgehead atoms. The van der Waals surface area contributed by atoms with E-state index >= 15 is 0 Å². The summed E-state index contributed by atoms with van der Waals surface area (Å²) in [7, 11) is 1.25. The molecule has 0 aliphatic carbocycles. The molecule has 3 heterocycles. The minimum Gasteiger partial charge on any atom is -0.477 e. The van der Waals surface area contributed by atoms with E-state index in [0.717, 1.165) is 4.90 Å². The van der Waals surface area contributed by atoms with Crippen molar-refractivity contribution in [2.45, 2.75) is 11.4 Å². The smallest absolute Gasteiger partial charge is 0.477 e. The molecule has 1 fully saturated rings. The number of primary amides is 1. The molecule has 3 rings (SSSR count). The van der Waals surface area contributed by atoms with Gasteiger partial charge >= 0.3 is 41.6 Å². The van der Waals surface area contributed by atoms with Crippen LogP contribution in [0.3, 0.4) is 0 Å². The Balaban J connectivity index is 0.00000320. The Labute approximate surface area is 196 Å². The van der Waals surface area contributed by atoms with E-state index in [-0.39, 0.29) is 64.7 Å². The van der Waals surface area contributed by atoms with E-state index in [1.54, 1.807) is 6.07 Å². The van der Waals surface area contributed by atoms with E-state index in [1.807, 2.05) is 0 Å². The number of hydrogen-bond acceptors (Lipinski definition) is 9. The van der Waals surface area contributed by atoms with Crippen LogP contribution in [0.4, 0.5) is 4.79 Å². The number of carboxylic acids is 1. The molecule has 2 aliphatic heterocycles. The van der Waals surface area contributed by atoms with Gasteiger partial charge in [0.15, 0.2) is 5.76 Å². The summed E-state index contributed by atoms with van der Waals surface area (Å²) in [6, 6.07) is 2.08. The molecule has 2 aliphatic rings. The minimum absolute atomic E-state index is 0. The number of amides is 3. The summed E-state index contributed by atoms with van der Waals surface area (Å²) in [5.41, 5.74) is 4.68. The number of nitrogens with one attached hydrogen (secondary N) is 1. The normalized spacial score (nSPS) is 20.5. The maximum Gasteiger partial charge on any atom is 1.00 e. The number of β-lactam (4-membered cyclic amide) rings is 1. The van der Waals surface area contributed by atoms with Gasteiger partial charge in [-0.2, -0.15) is 0 Å². The molecule has 0 saturated carbocycles. The van der Waals surface area contributed by atoms with E-state index in [2.05, 4.69) is 20.0 Å². The van der Waals surface area contributed by atoms with E-state index in [4.69, 9.17) is 10.2 Å². The van der Waals surface area contributed by atoms with Gasteiger partial charge in [0.25, 0.3) is 11.8 Å². The number of carbonyl (C=O) groups is 4. The zero-order valence-corrected chi connectivity index (χ0v) is 18.8. The number of carbonyl (C=O) groups excluding carboxylic acids is 3. The minimum atomic E-state index is -1.35. The molecule has 1 aromatic heterocycles. The second-order valence-corrected chi connectivity index (χ2v) is 6.93. The number of nitrogens with zero attached hydrogens (tertiary/aromatic N) is 2. The summed E-state index contributed by atoms with van der Waals surface area (Å²) in [6.07, 6.45) is 0.290. The Morgan fingerprint density at radius 3 is 2.77 bits per heavy atom. The standard InChI is InChI=1S/C16H16N4O8S.Na/c1-26-19-9(8-3-2-4-27-8)12(21)18-10-13(22)20-11(15(23)24)7(5-28-16(17)25)6-29-14(10)20;/h2-4,10,14H,5-6H2,1H3,(H2,17,25)(H,18,21)(H,23,24);/q;+1/t10-,14-;/m1./s1. The zero-order valence-electron chi connectivity index (χ0n) is 16.0. The molecule has 0 spiro atoms. The van der Waals surface area contributed by atoms with Crippen molar-refractivity contribution in [1.29, 1.82) is 0 Å². The molecule has 0 radical (unpaired) electrons. The summed E-state index contributed by atoms with van der Waals surface area (Å²) < 4.78 is 9.79. The third-order valence-electron chi connectivity index (χ3n) is 4.08. The van der Waals surface area contributed by atoms with Crippen molar-refractivity contribution in [3.8, 4) is 0 Å². The maximum atomic E-state index is 12.6. The molecule has 3 amide bonds. The van der Waals surface area contributed by atoms with E-state index in [1.165, 1.54) is 31.2 Å². The predicted molar refractivity (Wildman–Crippen MR) is 97.5 cm³/mol. The number of nitrogens with two attached hydrogens (primary N) is 1. The zero-order chi connectivity index (χ0) is 21.1. The molecule has 0 unspecified atom stereocenters. The summed E-state index contributed by atoms with van der Waals surface area (Å²) in [6.45, 7) is -0.347. The fourth-order valence-corrected chi connectivity index (χ4v) is 4.19. The number of carboxylic acid groups (broad SMARTS) is 1. The first-order valence-corrected chi connectivity index (χ1v) is 9.18. The van der Waals surface area contributed by atoms with Crippen LogP contribution in [0, 0.1) is 0 Å². The topological polar surface area (TPSA) is 174 Å². The van der Waals surface area contributed by atoms with Gasteiger partial charge in [-0.05, 0) is 12.1 Å². The van der Waals surface area contributed by atoms with Crippen LogP contribution >= 0.6 is 11.8 Å². The quantitative estimate of drug-likeness (QED) is 0.166. The van der Waals surface area contributed by atoms with Crippen molar-refractivity contribution < 1.29 is 67.8 Å². The number of thioether (sulfide) groups is 1. The fraction of sp³-hybridized carbons (Fsp3) is 0.312. The second kappa shape index (κ2) is 10.0. The van der Waals surface area contributed by atoms with Crippen LogP contribution < -0.4 is 40.6 Å². The Hall–Kier alpha value is -2.48. The van der Waals surface area contributed by atoms with Crippen LogP contribution in [0.15, 0.2) is 39.2 Å². The summed E-state index contributed by atoms with van der Waals surface area (Å²) in [4.78, 5) is 53.3. The SMILES string of the molecule is CON=C(C(=O)N[C@@H]1C(=O)N2C(C(=O)O)=C(COC(N)=O)CS[C@H]12)c1ccco1.[Na+]. The Morgan fingerprint density at radius 1 is 1.47 bits per heavy atom. The van der Waals surface area contributed by atoms with Crippen molar-refractivity contribution in [3.05, 3.63) is 35.4 Å². The molecule has 0 aromatic carbocycles. The van der Waals surface area contributed by atoms with Crippen molar-refractivity contribution in [2.24, 2.45) is 10.9 Å². The summed E-state index contributed by atoms with van der Waals surface area (Å²) >= 11 is 1.21. The first-order chi connectivity index (χ1) is 13.8. The van der Waals surface area contributed by atoms with Gasteiger partial charge in [-0.1, -0.05) is 5.16 Å². The van der Waals surface area contributed by atoms with Gasteiger partial charge in [-0.3, -0.25) is 14.5 Å². The largest absolute Gasteiger partial charge is 1.00 e. The number of rotatable bonds is 7. The number of hydrogen-bond donors (Lipinski definition) is 3. The number of furan rings is 1. The Kier molecular flexibility index (Phi) is 7.95. The van der Waals surface area contributed by atoms with Gasteiger partial charge in [-0.15, -0.1) is 11.8 Å². The first-order valence-electron chi connectivity index (χ1n) is 8.13. The van der Waals surface area contributed by atoms with Crippen molar-refractivity contribution >= 4 is 41.4 Å². The number of aliphatic carboxylic acids is 1. The fourth-order valence-electron chi connectivity index (χ4n) is 2.87. The number of oxime groups is 1. The van der Waals surface area contributed by atoms with Crippen LogP contribution in [0.2, 0.25) is 0 Å². The number of ether oxygens (including phenoxy) is 1. The third kappa shape index (κ3) is 4.64. The molecule has 14 heteroatoms. The molecule has 154 valence electrons. The van der Waals surface area contributed by atoms with Crippen molar-refractivity contribution in [3.63, 3.8) is 0 Å². The van der Waals surface area contributed by atoms with Gasteiger partial charge in [0.2, 0.25) is 5.71 Å². The molecule has 2 atom stereocenters. The van der Waals surface area contributed by atoms with Gasteiger partial charge in [0.05, 0.1) is 6.26 Å². The first kappa shape index (κ1) is 23.8. The molecular formula is C16H16N4NaO8S+. The van der Waals surface area contributed by atoms with Gasteiger partial charge in [-0.25, -0.2) is 9.59 Å². The van der Waals surface area contributed by atoms with Crippen LogP contribution in [0.5, 0.6) is 0 Å². The Bertz CT molecular complexity index is 916. The van der Waals surface area contributed by atoms with Crippen LogP contribution in [0.1, 0.15) is 5.76 Å². The van der Waals surface area contributed by atoms with Gasteiger partial charge in [0.1, 0.15) is 30.8 Å². The second-order valence-electron chi connectivity index (χ2n) is 5.83. The molecule has 1 saturated heterocycles. The summed E-state index contributed by atoms with van der Waals surface area (Å²) in [5.74, 6) is -2.38. The monoisotopic (exact) mass is 447 g/mol. The summed E-state index contributed by atoms with van der Waals surface area (Å²) in [5, 5.41) is 15.0. The molecule has 4 N–H and O–H groups in total. The average molecular weight is 447 g/mol. The average Bonchev–Trinajstić information content (AvgIpc) is 3.21. The molecule has 12 nitrogen and oxygen atoms in total. The van der Waals surface area contributed by atoms with E-state index in [0.29, 0.717) is 0 Å². The number of fused-ring (bicyclic) bond motifs is 1. The van der Waals surface area contributed by atoms with Gasteiger partial charge in [0, 0.05) is 11.3 Å². The van der Waals surface area contributed by atoms with E-state index in [9.17, 15) is 24.3 Å². The van der Waals surface area contributed by atoms with Crippen LogP contribution in [-0.2, 0) is 24.0 Å². The van der Waals surface area contributed by atoms with Crippen LogP contribution in [-0.4, -0.2) is 70.5 Å². The molecule has 1 aromatic rings. The van der Waals surface area contributed by atoms with Gasteiger partial charge < -0.3 is 30.1 Å².